The third-order valence-electron chi connectivity index (χ3n) is 4.84. The number of likely N-dealkylation sites (tertiary alicyclic amines) is 1. The van der Waals surface area contributed by atoms with E-state index in [2.05, 4.69) is 4.98 Å². The molecule has 0 unspecified atom stereocenters. The molecule has 1 saturated carbocycles. The molecule has 1 aliphatic heterocycles. The Kier molecular flexibility index (Phi) is 6.25. The van der Waals surface area contributed by atoms with Crippen molar-refractivity contribution >= 4 is 41.6 Å². The Labute approximate surface area is 158 Å². The second kappa shape index (κ2) is 7.85. The van der Waals surface area contributed by atoms with Crippen molar-refractivity contribution in [2.45, 2.75) is 37.6 Å². The van der Waals surface area contributed by atoms with Gasteiger partial charge < -0.3 is 10.6 Å². The molecule has 2 N–H and O–H groups in total. The molecule has 1 aliphatic carbocycles. The van der Waals surface area contributed by atoms with Crippen molar-refractivity contribution in [1.29, 1.82) is 0 Å². The fourth-order valence-corrected chi connectivity index (χ4v) is 3.26. The van der Waals surface area contributed by atoms with Crippen LogP contribution in [0.1, 0.15) is 47.7 Å². The van der Waals surface area contributed by atoms with Crippen LogP contribution in [0.5, 0.6) is 0 Å². The lowest BCUT2D eigenvalue weighted by Crippen LogP contribution is -2.42. The minimum absolute atomic E-state index is 0. The number of carbonyl (C=O) groups excluding carboxylic acids is 1. The van der Waals surface area contributed by atoms with Gasteiger partial charge in [0.25, 0.3) is 5.91 Å². The van der Waals surface area contributed by atoms with Gasteiger partial charge in [-0.15, -0.1) is 24.8 Å². The summed E-state index contributed by atoms with van der Waals surface area (Å²) in [7, 11) is 0. The number of hydrogen-bond donors (Lipinski definition) is 1. The van der Waals surface area contributed by atoms with Crippen LogP contribution in [0.4, 0.5) is 4.39 Å². The van der Waals surface area contributed by atoms with Crippen LogP contribution in [-0.4, -0.2) is 34.9 Å². The predicted molar refractivity (Wildman–Crippen MR) is 101 cm³/mol. The highest BCUT2D eigenvalue weighted by Gasteiger charge is 2.29. The molecule has 2 heterocycles. The van der Waals surface area contributed by atoms with Gasteiger partial charge in [0.1, 0.15) is 5.82 Å². The van der Waals surface area contributed by atoms with E-state index in [1.807, 2.05) is 11.0 Å². The maximum Gasteiger partial charge on any atom is 0.254 e. The first kappa shape index (κ1) is 19.9. The summed E-state index contributed by atoms with van der Waals surface area (Å²) < 4.78 is 13.7. The number of aromatic nitrogens is 1. The molecule has 0 bridgehead atoms. The van der Waals surface area contributed by atoms with Crippen LogP contribution in [-0.2, 0) is 0 Å². The van der Waals surface area contributed by atoms with Gasteiger partial charge in [-0.2, -0.15) is 0 Å². The van der Waals surface area contributed by atoms with Gasteiger partial charge in [-0.25, -0.2) is 4.39 Å². The van der Waals surface area contributed by atoms with Gasteiger partial charge in [0.05, 0.1) is 11.1 Å². The SMILES string of the molecule is Cl.Cl.NC1CCN(C(=O)c2cc(C3CC3)nc3ccc(F)cc23)CC1. The largest absolute Gasteiger partial charge is 0.339 e. The topological polar surface area (TPSA) is 59.2 Å². The molecule has 1 amide bonds. The highest BCUT2D eigenvalue weighted by Crippen LogP contribution is 2.40. The first-order chi connectivity index (χ1) is 11.1. The van der Waals surface area contributed by atoms with E-state index in [1.165, 1.54) is 12.1 Å². The first-order valence-corrected chi connectivity index (χ1v) is 8.27. The molecule has 0 spiro atoms. The molecule has 136 valence electrons. The second-order valence-corrected chi connectivity index (χ2v) is 6.66. The lowest BCUT2D eigenvalue weighted by Gasteiger charge is -2.30. The summed E-state index contributed by atoms with van der Waals surface area (Å²) in [5.74, 6) is 0.0794. The molecule has 2 fully saturated rings. The van der Waals surface area contributed by atoms with Crippen LogP contribution in [0.2, 0.25) is 0 Å². The van der Waals surface area contributed by atoms with Crippen molar-refractivity contribution in [1.82, 2.24) is 9.88 Å². The molecule has 4 rings (SSSR count). The third-order valence-corrected chi connectivity index (χ3v) is 4.84. The summed E-state index contributed by atoms with van der Waals surface area (Å²) in [6, 6.07) is 6.53. The Morgan fingerprint density at radius 1 is 1.12 bits per heavy atom. The molecule has 2 aromatic rings. The molecular weight excluding hydrogens is 364 g/mol. The summed E-state index contributed by atoms with van der Waals surface area (Å²) in [4.78, 5) is 19.4. The summed E-state index contributed by atoms with van der Waals surface area (Å²) in [6.45, 7) is 1.33. The molecule has 0 atom stereocenters. The Bertz CT molecular complexity index is 774. The van der Waals surface area contributed by atoms with Crippen molar-refractivity contribution in [3.8, 4) is 0 Å². The summed E-state index contributed by atoms with van der Waals surface area (Å²) in [5.41, 5.74) is 8.16. The van der Waals surface area contributed by atoms with Gasteiger partial charge >= 0.3 is 0 Å². The number of fused-ring (bicyclic) bond motifs is 1. The van der Waals surface area contributed by atoms with Crippen LogP contribution < -0.4 is 5.73 Å². The molecule has 1 saturated heterocycles. The van der Waals surface area contributed by atoms with Gasteiger partial charge in [0, 0.05) is 36.1 Å². The number of benzene rings is 1. The first-order valence-electron chi connectivity index (χ1n) is 8.27. The number of hydrogen-bond acceptors (Lipinski definition) is 3. The van der Waals surface area contributed by atoms with Gasteiger partial charge in [0.15, 0.2) is 0 Å². The van der Waals surface area contributed by atoms with Crippen LogP contribution >= 0.6 is 24.8 Å². The maximum atomic E-state index is 13.7. The molecule has 25 heavy (non-hydrogen) atoms. The van der Waals surface area contributed by atoms with Gasteiger partial charge in [-0.3, -0.25) is 9.78 Å². The Morgan fingerprint density at radius 2 is 1.80 bits per heavy atom. The molecule has 1 aromatic carbocycles. The predicted octanol–water partition coefficient (Wildman–Crippen LogP) is 3.66. The standard InChI is InChI=1S/C18H20FN3O.2ClH/c19-12-3-4-16-14(9-12)15(10-17(21-16)11-1-2-11)18(23)22-7-5-13(20)6-8-22;;/h3-4,9-11,13H,1-2,5-8,20H2;2*1H. The van der Waals surface area contributed by atoms with E-state index in [1.54, 1.807) is 6.07 Å². The van der Waals surface area contributed by atoms with E-state index in [0.717, 1.165) is 31.4 Å². The summed E-state index contributed by atoms with van der Waals surface area (Å²) >= 11 is 0. The average molecular weight is 386 g/mol. The number of rotatable bonds is 2. The number of carbonyl (C=O) groups is 1. The van der Waals surface area contributed by atoms with Crippen molar-refractivity contribution in [3.63, 3.8) is 0 Å². The fraction of sp³-hybridized carbons (Fsp3) is 0.444. The van der Waals surface area contributed by atoms with Crippen LogP contribution in [0, 0.1) is 5.82 Å². The molecule has 0 radical (unpaired) electrons. The van der Waals surface area contributed by atoms with E-state index in [0.29, 0.717) is 35.5 Å². The van der Waals surface area contributed by atoms with Gasteiger partial charge in [-0.1, -0.05) is 0 Å². The second-order valence-electron chi connectivity index (χ2n) is 6.66. The minimum atomic E-state index is -0.340. The number of amides is 1. The zero-order chi connectivity index (χ0) is 16.0. The minimum Gasteiger partial charge on any atom is -0.339 e. The van der Waals surface area contributed by atoms with E-state index >= 15 is 0 Å². The highest BCUT2D eigenvalue weighted by atomic mass is 35.5. The van der Waals surface area contributed by atoms with E-state index in [4.69, 9.17) is 5.73 Å². The number of pyridine rings is 1. The third kappa shape index (κ3) is 4.05. The maximum absolute atomic E-state index is 13.7. The Balaban J connectivity index is 0.00000113. The lowest BCUT2D eigenvalue weighted by atomic mass is 10.0. The molecular formula is C18H22Cl2FN3O. The highest BCUT2D eigenvalue weighted by molar-refractivity contribution is 6.06. The van der Waals surface area contributed by atoms with E-state index < -0.39 is 0 Å². The van der Waals surface area contributed by atoms with Crippen molar-refractivity contribution < 1.29 is 9.18 Å². The molecule has 4 nitrogen and oxygen atoms in total. The van der Waals surface area contributed by atoms with Gasteiger partial charge in [0.2, 0.25) is 0 Å². The molecule has 1 aromatic heterocycles. The number of halogens is 3. The van der Waals surface area contributed by atoms with Crippen molar-refractivity contribution in [3.05, 3.63) is 41.3 Å². The summed E-state index contributed by atoms with van der Waals surface area (Å²) in [6.07, 6.45) is 3.87. The van der Waals surface area contributed by atoms with Crippen LogP contribution in [0.3, 0.4) is 0 Å². The molecule has 7 heteroatoms. The monoisotopic (exact) mass is 385 g/mol. The summed E-state index contributed by atoms with van der Waals surface area (Å²) in [5, 5.41) is 0.606. The normalized spacial score (nSPS) is 17.8. The Hall–Kier alpha value is -1.43. The number of nitrogens with zero attached hydrogens (tertiary/aromatic N) is 2. The van der Waals surface area contributed by atoms with Crippen molar-refractivity contribution in [2.24, 2.45) is 5.73 Å². The molecule has 2 aliphatic rings. The zero-order valence-electron chi connectivity index (χ0n) is 13.8. The van der Waals surface area contributed by atoms with Crippen LogP contribution in [0.25, 0.3) is 10.9 Å². The van der Waals surface area contributed by atoms with Crippen LogP contribution in [0.15, 0.2) is 24.3 Å². The quantitative estimate of drug-likeness (QED) is 0.857. The smallest absolute Gasteiger partial charge is 0.254 e. The van der Waals surface area contributed by atoms with E-state index in [9.17, 15) is 9.18 Å². The van der Waals surface area contributed by atoms with Crippen molar-refractivity contribution in [2.75, 3.05) is 13.1 Å². The number of nitrogens with two attached hydrogens (primary N) is 1. The zero-order valence-corrected chi connectivity index (χ0v) is 15.4. The Morgan fingerprint density at radius 3 is 2.44 bits per heavy atom. The number of piperidine rings is 1. The fourth-order valence-electron chi connectivity index (χ4n) is 3.26. The van der Waals surface area contributed by atoms with E-state index in [-0.39, 0.29) is 42.6 Å². The lowest BCUT2D eigenvalue weighted by molar-refractivity contribution is 0.0716. The van der Waals surface area contributed by atoms with Gasteiger partial charge in [-0.05, 0) is 49.9 Å². The average Bonchev–Trinajstić information content (AvgIpc) is 3.39.